The van der Waals surface area contributed by atoms with Gasteiger partial charge in [0.05, 0.1) is 5.56 Å². The number of carbonyl (C=O) groups excluding carboxylic acids is 1. The Morgan fingerprint density at radius 3 is 2.86 bits per heavy atom. The van der Waals surface area contributed by atoms with Gasteiger partial charge in [0.25, 0.3) is 0 Å². The summed E-state index contributed by atoms with van der Waals surface area (Å²) in [5.74, 6) is -0.352. The first-order valence-electron chi connectivity index (χ1n) is 3.96. The van der Waals surface area contributed by atoms with Crippen molar-refractivity contribution in [1.29, 1.82) is 0 Å². The topological polar surface area (TPSA) is 72.5 Å². The Morgan fingerprint density at radius 1 is 1.50 bits per heavy atom. The molecule has 0 bridgehead atoms. The molecule has 14 heavy (non-hydrogen) atoms. The summed E-state index contributed by atoms with van der Waals surface area (Å²) in [5, 5.41) is 9.13. The largest absolute Gasteiger partial charge is 0.508 e. The summed E-state index contributed by atoms with van der Waals surface area (Å²) in [6.07, 6.45) is -0.358. The van der Waals surface area contributed by atoms with Gasteiger partial charge >= 0.3 is 5.97 Å². The molecule has 0 fully saturated rings. The van der Waals surface area contributed by atoms with Gasteiger partial charge < -0.3 is 15.6 Å². The van der Waals surface area contributed by atoms with Gasteiger partial charge in [-0.2, -0.15) is 0 Å². The lowest BCUT2D eigenvalue weighted by Gasteiger charge is -2.05. The van der Waals surface area contributed by atoms with Crippen molar-refractivity contribution in [3.63, 3.8) is 0 Å². The summed E-state index contributed by atoms with van der Waals surface area (Å²) in [5.41, 5.74) is 6.58. The van der Waals surface area contributed by atoms with E-state index in [1.807, 2.05) is 0 Å². The van der Waals surface area contributed by atoms with Crippen LogP contribution in [0.5, 0.6) is 5.75 Å². The zero-order chi connectivity index (χ0) is 9.42. The maximum Gasteiger partial charge on any atom is 0.339 e. The molecule has 4 nitrogen and oxygen atoms in total. The van der Waals surface area contributed by atoms with Crippen molar-refractivity contribution >= 4 is 23.0 Å². The first-order chi connectivity index (χ1) is 6.22. The Bertz CT molecular complexity index is 367. The second kappa shape index (κ2) is 3.98. The van der Waals surface area contributed by atoms with E-state index in [-0.39, 0.29) is 35.4 Å². The monoisotopic (exact) mass is 259 g/mol. The molecule has 0 amide bonds. The molecular weight excluding hydrogens is 250 g/mol. The Morgan fingerprint density at radius 2 is 2.21 bits per heavy atom. The van der Waals surface area contributed by atoms with Gasteiger partial charge in [0.2, 0.25) is 0 Å². The summed E-state index contributed by atoms with van der Waals surface area (Å²) in [4.78, 5) is 11.2. The van der Waals surface area contributed by atoms with Crippen LogP contribution in [0.2, 0.25) is 0 Å². The zero-order valence-corrected chi connectivity index (χ0v) is 8.98. The first-order valence-corrected chi connectivity index (χ1v) is 3.96. The van der Waals surface area contributed by atoms with E-state index in [1.165, 1.54) is 12.1 Å². The van der Waals surface area contributed by atoms with E-state index >= 15 is 0 Å². The molecule has 1 aliphatic heterocycles. The number of halogens is 1. The summed E-state index contributed by atoms with van der Waals surface area (Å²) in [6.45, 7) is 0.267. The number of ether oxygens (including phenoxy) is 1. The number of esters is 1. The molecule has 0 aromatic heterocycles. The molecule has 3 N–H and O–H groups in total. The van der Waals surface area contributed by atoms with Crippen molar-refractivity contribution in [3.05, 3.63) is 29.3 Å². The second-order valence-corrected chi connectivity index (χ2v) is 2.90. The summed E-state index contributed by atoms with van der Waals surface area (Å²) in [7, 11) is 0. The highest BCUT2D eigenvalue weighted by Crippen LogP contribution is 2.31. The van der Waals surface area contributed by atoms with Crippen LogP contribution < -0.4 is 5.73 Å². The van der Waals surface area contributed by atoms with Crippen molar-refractivity contribution in [2.75, 3.05) is 6.54 Å². The molecule has 76 valence electrons. The molecule has 1 aromatic rings. The quantitative estimate of drug-likeness (QED) is 0.742. The number of phenolic OH excluding ortho intramolecular Hbond substituents is 1. The number of nitrogens with two attached hydrogens (primary N) is 1. The van der Waals surface area contributed by atoms with Crippen LogP contribution >= 0.6 is 17.0 Å². The van der Waals surface area contributed by atoms with Crippen LogP contribution in [0.3, 0.4) is 0 Å². The standard InChI is InChI=1S/C9H9NO3.BrH/c10-4-8-6-2-1-5(11)3-7(6)9(12)13-8;/h1-3,8,11H,4,10H2;1H. The fraction of sp³-hybridized carbons (Fsp3) is 0.222. The molecule has 0 saturated carbocycles. The maximum atomic E-state index is 11.2. The van der Waals surface area contributed by atoms with Crippen LogP contribution in [0.1, 0.15) is 22.0 Å². The number of hydrogen-bond acceptors (Lipinski definition) is 4. The number of hydrogen-bond donors (Lipinski definition) is 2. The fourth-order valence-corrected chi connectivity index (χ4v) is 1.43. The lowest BCUT2D eigenvalue weighted by atomic mass is 10.1. The van der Waals surface area contributed by atoms with Gasteiger partial charge in [-0.15, -0.1) is 17.0 Å². The number of cyclic esters (lactones) is 1. The number of aromatic hydroxyl groups is 1. The zero-order valence-electron chi connectivity index (χ0n) is 7.27. The van der Waals surface area contributed by atoms with Crippen LogP contribution in [0, 0.1) is 0 Å². The summed E-state index contributed by atoms with van der Waals surface area (Å²) < 4.78 is 4.96. The molecule has 0 radical (unpaired) electrons. The van der Waals surface area contributed by atoms with Crippen molar-refractivity contribution in [2.45, 2.75) is 6.10 Å². The van der Waals surface area contributed by atoms with Crippen molar-refractivity contribution in [2.24, 2.45) is 5.73 Å². The number of benzene rings is 1. The van der Waals surface area contributed by atoms with Gasteiger partial charge in [0, 0.05) is 12.1 Å². The van der Waals surface area contributed by atoms with Gasteiger partial charge in [0.1, 0.15) is 11.9 Å². The van der Waals surface area contributed by atoms with E-state index in [0.717, 1.165) is 5.56 Å². The van der Waals surface area contributed by atoms with Crippen molar-refractivity contribution in [3.8, 4) is 5.75 Å². The average molecular weight is 260 g/mol. The summed E-state index contributed by atoms with van der Waals surface area (Å²) >= 11 is 0. The van der Waals surface area contributed by atoms with Gasteiger partial charge in [-0.3, -0.25) is 0 Å². The first kappa shape index (κ1) is 11.0. The lowest BCUT2D eigenvalue weighted by Crippen LogP contribution is -2.11. The highest BCUT2D eigenvalue weighted by molar-refractivity contribution is 8.93. The van der Waals surface area contributed by atoms with E-state index in [9.17, 15) is 4.79 Å². The number of carbonyl (C=O) groups is 1. The number of rotatable bonds is 1. The molecule has 1 aliphatic rings. The highest BCUT2D eigenvalue weighted by atomic mass is 79.9. The maximum absolute atomic E-state index is 11.2. The Balaban J connectivity index is 0.000000980. The molecule has 0 saturated heterocycles. The third-order valence-corrected chi connectivity index (χ3v) is 2.07. The van der Waals surface area contributed by atoms with E-state index in [2.05, 4.69) is 0 Å². The van der Waals surface area contributed by atoms with Crippen molar-refractivity contribution in [1.82, 2.24) is 0 Å². The third-order valence-electron chi connectivity index (χ3n) is 2.07. The Kier molecular flexibility index (Phi) is 3.13. The molecule has 1 aromatic carbocycles. The van der Waals surface area contributed by atoms with E-state index < -0.39 is 5.97 Å². The number of fused-ring (bicyclic) bond motifs is 1. The van der Waals surface area contributed by atoms with Crippen LogP contribution in [0.25, 0.3) is 0 Å². The molecule has 1 heterocycles. The summed E-state index contributed by atoms with van der Waals surface area (Å²) in [6, 6.07) is 4.57. The molecule has 2 rings (SSSR count). The Labute approximate surface area is 91.4 Å². The minimum Gasteiger partial charge on any atom is -0.508 e. The molecule has 0 spiro atoms. The lowest BCUT2D eigenvalue weighted by molar-refractivity contribution is 0.0402. The van der Waals surface area contributed by atoms with E-state index in [0.29, 0.717) is 5.56 Å². The van der Waals surface area contributed by atoms with Gasteiger partial charge in [0.15, 0.2) is 0 Å². The smallest absolute Gasteiger partial charge is 0.339 e. The van der Waals surface area contributed by atoms with Crippen molar-refractivity contribution < 1.29 is 14.6 Å². The molecule has 0 aliphatic carbocycles. The van der Waals surface area contributed by atoms with Gasteiger partial charge in [-0.05, 0) is 12.1 Å². The van der Waals surface area contributed by atoms with Crippen LogP contribution in [-0.4, -0.2) is 17.6 Å². The normalized spacial score (nSPS) is 18.4. The second-order valence-electron chi connectivity index (χ2n) is 2.90. The fourth-order valence-electron chi connectivity index (χ4n) is 1.43. The van der Waals surface area contributed by atoms with Gasteiger partial charge in [-0.1, -0.05) is 6.07 Å². The minimum absolute atomic E-state index is 0. The molecular formula is C9H10BrNO3. The van der Waals surface area contributed by atoms with E-state index in [1.54, 1.807) is 6.07 Å². The third kappa shape index (κ3) is 1.60. The number of phenols is 1. The molecule has 1 atom stereocenters. The van der Waals surface area contributed by atoms with Gasteiger partial charge in [-0.25, -0.2) is 4.79 Å². The highest BCUT2D eigenvalue weighted by Gasteiger charge is 2.29. The minimum atomic E-state index is -0.415. The van der Waals surface area contributed by atoms with Crippen LogP contribution in [-0.2, 0) is 4.74 Å². The molecule has 1 unspecified atom stereocenters. The predicted molar refractivity (Wildman–Crippen MR) is 55.6 cm³/mol. The Hall–Kier alpha value is -1.07. The average Bonchev–Trinajstić information content (AvgIpc) is 2.43. The van der Waals surface area contributed by atoms with Crippen LogP contribution in [0.4, 0.5) is 0 Å². The molecule has 5 heteroatoms. The van der Waals surface area contributed by atoms with Crippen LogP contribution in [0.15, 0.2) is 18.2 Å². The van der Waals surface area contributed by atoms with E-state index in [4.69, 9.17) is 15.6 Å². The SMILES string of the molecule is Br.NCC1OC(=O)c2cc(O)ccc21. The predicted octanol–water partition coefficient (Wildman–Crippen LogP) is 1.14.